The highest BCUT2D eigenvalue weighted by Gasteiger charge is 2.27. The molecular weight excluding hydrogens is 374 g/mol. The van der Waals surface area contributed by atoms with Gasteiger partial charge in [0.25, 0.3) is 0 Å². The van der Waals surface area contributed by atoms with Crippen LogP contribution in [0, 0.1) is 0 Å². The number of rotatable bonds is 7. The van der Waals surface area contributed by atoms with Gasteiger partial charge in [-0.2, -0.15) is 4.31 Å². The zero-order chi connectivity index (χ0) is 20.0. The molecule has 1 saturated heterocycles. The minimum absolute atomic E-state index is 0.0168. The van der Waals surface area contributed by atoms with Gasteiger partial charge in [-0.05, 0) is 18.1 Å². The summed E-state index contributed by atoms with van der Waals surface area (Å²) in [5.41, 5.74) is 1.85. The van der Waals surface area contributed by atoms with Crippen LogP contribution in [0.3, 0.4) is 0 Å². The molecule has 2 aromatic carbocycles. The number of sulfonamides is 1. The average Bonchev–Trinajstić information content (AvgIpc) is 2.69. The Hall–Kier alpha value is -2.22. The molecule has 1 aliphatic heterocycles. The number of benzene rings is 2. The number of amides is 1. The first kappa shape index (κ1) is 20.5. The molecule has 28 heavy (non-hydrogen) atoms. The number of nitrogens with one attached hydrogen (secondary N) is 1. The highest BCUT2D eigenvalue weighted by atomic mass is 32.2. The van der Waals surface area contributed by atoms with E-state index >= 15 is 0 Å². The Morgan fingerprint density at radius 1 is 0.964 bits per heavy atom. The van der Waals surface area contributed by atoms with Crippen molar-refractivity contribution in [2.24, 2.45) is 0 Å². The summed E-state index contributed by atoms with van der Waals surface area (Å²) in [6.07, 6.45) is 0. The van der Waals surface area contributed by atoms with Crippen molar-refractivity contribution in [3.05, 3.63) is 71.8 Å². The van der Waals surface area contributed by atoms with Gasteiger partial charge in [-0.3, -0.25) is 9.69 Å². The lowest BCUT2D eigenvalue weighted by Crippen LogP contribution is -2.51. The summed E-state index contributed by atoms with van der Waals surface area (Å²) in [5, 5.41) is 3.01. The minimum Gasteiger partial charge on any atom is -0.348 e. The van der Waals surface area contributed by atoms with Gasteiger partial charge in [0.05, 0.1) is 18.3 Å². The predicted molar refractivity (Wildman–Crippen MR) is 110 cm³/mol. The van der Waals surface area contributed by atoms with E-state index in [9.17, 15) is 13.2 Å². The zero-order valence-electron chi connectivity index (χ0n) is 16.1. The first-order chi connectivity index (χ1) is 13.4. The fourth-order valence-electron chi connectivity index (χ4n) is 3.36. The highest BCUT2D eigenvalue weighted by molar-refractivity contribution is 7.88. The van der Waals surface area contributed by atoms with Crippen molar-refractivity contribution >= 4 is 15.9 Å². The summed E-state index contributed by atoms with van der Waals surface area (Å²) in [7, 11) is -3.34. The Kier molecular flexibility index (Phi) is 6.83. The molecule has 2 aromatic rings. The second-order valence-corrected chi connectivity index (χ2v) is 9.09. The summed E-state index contributed by atoms with van der Waals surface area (Å²) in [4.78, 5) is 14.3. The Morgan fingerprint density at radius 2 is 1.54 bits per heavy atom. The lowest BCUT2D eigenvalue weighted by atomic mass is 10.1. The van der Waals surface area contributed by atoms with Crippen molar-refractivity contribution in [3.63, 3.8) is 0 Å². The van der Waals surface area contributed by atoms with Gasteiger partial charge in [-0.15, -0.1) is 0 Å². The average molecular weight is 402 g/mol. The van der Waals surface area contributed by atoms with Crippen molar-refractivity contribution in [2.45, 2.75) is 18.7 Å². The summed E-state index contributed by atoms with van der Waals surface area (Å²) in [6, 6.07) is 19.0. The molecule has 1 fully saturated rings. The zero-order valence-corrected chi connectivity index (χ0v) is 16.9. The first-order valence-electron chi connectivity index (χ1n) is 9.52. The molecule has 0 radical (unpaired) electrons. The molecule has 1 heterocycles. The molecule has 1 aliphatic rings. The SMILES string of the molecule is C[C@@H](NC(=O)CN1CCN(S(=O)(=O)Cc2ccccc2)CC1)c1ccccc1. The van der Waals surface area contributed by atoms with Crippen molar-refractivity contribution in [1.82, 2.24) is 14.5 Å². The number of hydrogen-bond acceptors (Lipinski definition) is 4. The van der Waals surface area contributed by atoms with Gasteiger partial charge in [-0.25, -0.2) is 8.42 Å². The molecule has 6 nitrogen and oxygen atoms in total. The van der Waals surface area contributed by atoms with Crippen LogP contribution in [0.1, 0.15) is 24.1 Å². The maximum Gasteiger partial charge on any atom is 0.234 e. The number of piperazine rings is 1. The topological polar surface area (TPSA) is 69.7 Å². The number of nitrogens with zero attached hydrogens (tertiary/aromatic N) is 2. The normalized spacial score (nSPS) is 17.2. The standard InChI is InChI=1S/C21H27N3O3S/c1-18(20-10-6-3-7-11-20)22-21(25)16-23-12-14-24(15-13-23)28(26,27)17-19-8-4-2-5-9-19/h2-11,18H,12-17H2,1H3,(H,22,25)/t18-/m1/s1. The van der Waals surface area contributed by atoms with E-state index in [0.717, 1.165) is 11.1 Å². The molecule has 0 bridgehead atoms. The molecule has 3 rings (SSSR count). The van der Waals surface area contributed by atoms with Crippen molar-refractivity contribution < 1.29 is 13.2 Å². The van der Waals surface area contributed by atoms with E-state index < -0.39 is 10.0 Å². The summed E-state index contributed by atoms with van der Waals surface area (Å²) in [5.74, 6) is -0.0277. The molecule has 0 aromatic heterocycles. The quantitative estimate of drug-likeness (QED) is 0.771. The van der Waals surface area contributed by atoms with Gasteiger partial charge in [0.2, 0.25) is 15.9 Å². The maximum atomic E-state index is 12.6. The third kappa shape index (κ3) is 5.64. The predicted octanol–water partition coefficient (Wildman–Crippen LogP) is 2.01. The van der Waals surface area contributed by atoms with Gasteiger partial charge in [-0.1, -0.05) is 60.7 Å². The number of hydrogen-bond donors (Lipinski definition) is 1. The summed E-state index contributed by atoms with van der Waals surface area (Å²) >= 11 is 0. The molecule has 1 amide bonds. The number of carbonyl (C=O) groups is 1. The third-order valence-electron chi connectivity index (χ3n) is 4.96. The molecule has 0 unspecified atom stereocenters. The van der Waals surface area contributed by atoms with E-state index in [1.54, 1.807) is 0 Å². The Labute approximate surface area is 167 Å². The van der Waals surface area contributed by atoms with Crippen LogP contribution in [0.5, 0.6) is 0 Å². The number of carbonyl (C=O) groups excluding carboxylic acids is 1. The monoisotopic (exact) mass is 401 g/mol. The fourth-order valence-corrected chi connectivity index (χ4v) is 4.87. The van der Waals surface area contributed by atoms with Crippen molar-refractivity contribution in [3.8, 4) is 0 Å². The van der Waals surface area contributed by atoms with E-state index in [-0.39, 0.29) is 24.2 Å². The summed E-state index contributed by atoms with van der Waals surface area (Å²) < 4.78 is 26.8. The Morgan fingerprint density at radius 3 is 2.14 bits per heavy atom. The highest BCUT2D eigenvalue weighted by Crippen LogP contribution is 2.14. The maximum absolute atomic E-state index is 12.6. The molecule has 7 heteroatoms. The Balaban J connectivity index is 1.46. The van der Waals surface area contributed by atoms with Gasteiger partial charge >= 0.3 is 0 Å². The second kappa shape index (κ2) is 9.32. The van der Waals surface area contributed by atoms with Crippen LogP contribution >= 0.6 is 0 Å². The smallest absolute Gasteiger partial charge is 0.234 e. The second-order valence-electron chi connectivity index (χ2n) is 7.12. The lowest BCUT2D eigenvalue weighted by Gasteiger charge is -2.33. The first-order valence-corrected chi connectivity index (χ1v) is 11.1. The van der Waals surface area contributed by atoms with Crippen molar-refractivity contribution in [2.75, 3.05) is 32.7 Å². The van der Waals surface area contributed by atoms with E-state index in [4.69, 9.17) is 0 Å². The van der Waals surface area contributed by atoms with Crippen LogP contribution in [0.15, 0.2) is 60.7 Å². The van der Waals surface area contributed by atoms with Crippen LogP contribution < -0.4 is 5.32 Å². The molecule has 0 spiro atoms. The van der Waals surface area contributed by atoms with Crippen LogP contribution in [-0.2, 0) is 20.6 Å². The van der Waals surface area contributed by atoms with Gasteiger partial charge in [0, 0.05) is 26.2 Å². The minimum atomic E-state index is -3.34. The Bertz CT molecular complexity index is 864. The summed E-state index contributed by atoms with van der Waals surface area (Å²) in [6.45, 7) is 4.18. The van der Waals surface area contributed by atoms with Gasteiger partial charge < -0.3 is 5.32 Å². The molecular formula is C21H27N3O3S. The third-order valence-corrected chi connectivity index (χ3v) is 6.81. The fraction of sp³-hybridized carbons (Fsp3) is 0.381. The molecule has 0 saturated carbocycles. The lowest BCUT2D eigenvalue weighted by molar-refractivity contribution is -0.123. The van der Waals surface area contributed by atoms with Crippen LogP contribution in [0.4, 0.5) is 0 Å². The van der Waals surface area contributed by atoms with Crippen molar-refractivity contribution in [1.29, 1.82) is 0 Å². The molecule has 1 N–H and O–H groups in total. The van der Waals surface area contributed by atoms with E-state index in [2.05, 4.69) is 5.32 Å². The van der Waals surface area contributed by atoms with Gasteiger partial charge in [0.1, 0.15) is 0 Å². The van der Waals surface area contributed by atoms with Crippen LogP contribution in [0.2, 0.25) is 0 Å². The molecule has 1 atom stereocenters. The van der Waals surface area contributed by atoms with Crippen LogP contribution in [-0.4, -0.2) is 56.3 Å². The van der Waals surface area contributed by atoms with Crippen LogP contribution in [0.25, 0.3) is 0 Å². The van der Waals surface area contributed by atoms with Gasteiger partial charge in [0.15, 0.2) is 0 Å². The van der Waals surface area contributed by atoms with E-state index in [1.165, 1.54) is 4.31 Å². The molecule has 150 valence electrons. The molecule has 0 aliphatic carbocycles. The largest absolute Gasteiger partial charge is 0.348 e. The van der Waals surface area contributed by atoms with E-state index in [1.807, 2.05) is 72.5 Å². The van der Waals surface area contributed by atoms with E-state index in [0.29, 0.717) is 26.2 Å².